The molecule has 0 saturated carbocycles. The Bertz CT molecular complexity index is 616. The maximum atomic E-state index is 11.9. The molecule has 0 aromatic heterocycles. The van der Waals surface area contributed by atoms with Crippen LogP contribution in [0.4, 0.5) is 11.4 Å². The summed E-state index contributed by atoms with van der Waals surface area (Å²) in [5.41, 5.74) is 7.81. The highest BCUT2D eigenvalue weighted by Gasteiger charge is 2.07. The number of hydrogen-bond acceptors (Lipinski definition) is 2. The zero-order chi connectivity index (χ0) is 13.8. The number of nitrogen functional groups attached to an aromatic ring is 1. The minimum atomic E-state index is -0.117. The Labute approximate surface area is 124 Å². The first-order valence-electron chi connectivity index (χ1n) is 5.64. The number of nitrogens with two attached hydrogens (primary N) is 1. The van der Waals surface area contributed by atoms with Gasteiger partial charge in [-0.2, -0.15) is 0 Å². The zero-order valence-corrected chi connectivity index (χ0v) is 12.3. The van der Waals surface area contributed by atoms with Gasteiger partial charge in [-0.15, -0.1) is 0 Å². The average Bonchev–Trinajstić information content (AvgIpc) is 2.34. The molecule has 2 aromatic carbocycles. The van der Waals surface area contributed by atoms with E-state index in [-0.39, 0.29) is 12.3 Å². The number of amides is 1. The summed E-state index contributed by atoms with van der Waals surface area (Å²) in [4.78, 5) is 11.9. The van der Waals surface area contributed by atoms with Gasteiger partial charge in [0.05, 0.1) is 12.1 Å². The van der Waals surface area contributed by atoms with E-state index in [9.17, 15) is 4.79 Å². The van der Waals surface area contributed by atoms with Crippen molar-refractivity contribution >= 4 is 44.8 Å². The molecule has 0 fully saturated rings. The van der Waals surface area contributed by atoms with Crippen LogP contribution in [-0.4, -0.2) is 5.91 Å². The third-order valence-electron chi connectivity index (χ3n) is 2.52. The maximum Gasteiger partial charge on any atom is 0.228 e. The summed E-state index contributed by atoms with van der Waals surface area (Å²) < 4.78 is 0.793. The predicted octanol–water partition coefficient (Wildman–Crippen LogP) is 3.87. The second kappa shape index (κ2) is 6.08. The quantitative estimate of drug-likeness (QED) is 0.834. The first-order valence-corrected chi connectivity index (χ1v) is 6.81. The number of carbonyl (C=O) groups is 1. The smallest absolute Gasteiger partial charge is 0.228 e. The lowest BCUT2D eigenvalue weighted by molar-refractivity contribution is -0.115. The summed E-state index contributed by atoms with van der Waals surface area (Å²) >= 11 is 9.24. The number of nitrogens with one attached hydrogen (secondary N) is 1. The van der Waals surface area contributed by atoms with Gasteiger partial charge in [-0.3, -0.25) is 4.79 Å². The van der Waals surface area contributed by atoms with E-state index in [1.165, 1.54) is 0 Å². The molecule has 0 aliphatic rings. The van der Waals surface area contributed by atoms with E-state index in [2.05, 4.69) is 21.2 Å². The number of benzene rings is 2. The van der Waals surface area contributed by atoms with Gasteiger partial charge in [0.2, 0.25) is 5.91 Å². The van der Waals surface area contributed by atoms with Gasteiger partial charge < -0.3 is 11.1 Å². The van der Waals surface area contributed by atoms with Crippen LogP contribution in [0.25, 0.3) is 0 Å². The molecule has 0 atom stereocenters. The third-order valence-corrected chi connectivity index (χ3v) is 3.44. The maximum absolute atomic E-state index is 11.9. The van der Waals surface area contributed by atoms with Crippen molar-refractivity contribution in [1.82, 2.24) is 0 Å². The van der Waals surface area contributed by atoms with Crippen LogP contribution >= 0.6 is 27.5 Å². The first-order chi connectivity index (χ1) is 9.04. The van der Waals surface area contributed by atoms with Crippen molar-refractivity contribution in [2.45, 2.75) is 6.42 Å². The van der Waals surface area contributed by atoms with E-state index in [4.69, 9.17) is 17.3 Å². The molecule has 3 nitrogen and oxygen atoms in total. The molecule has 98 valence electrons. The van der Waals surface area contributed by atoms with Gasteiger partial charge in [0.25, 0.3) is 0 Å². The van der Waals surface area contributed by atoms with Gasteiger partial charge in [0, 0.05) is 15.2 Å². The number of rotatable bonds is 3. The van der Waals surface area contributed by atoms with Gasteiger partial charge >= 0.3 is 0 Å². The monoisotopic (exact) mass is 338 g/mol. The van der Waals surface area contributed by atoms with Crippen LogP contribution < -0.4 is 11.1 Å². The molecule has 0 unspecified atom stereocenters. The van der Waals surface area contributed by atoms with Crippen LogP contribution in [-0.2, 0) is 11.2 Å². The molecule has 3 N–H and O–H groups in total. The molecule has 0 heterocycles. The highest BCUT2D eigenvalue weighted by Crippen LogP contribution is 2.24. The van der Waals surface area contributed by atoms with E-state index in [0.717, 1.165) is 10.0 Å². The van der Waals surface area contributed by atoms with E-state index >= 15 is 0 Å². The van der Waals surface area contributed by atoms with Gasteiger partial charge in [0.15, 0.2) is 0 Å². The minimum absolute atomic E-state index is 0.117. The Morgan fingerprint density at radius 3 is 2.79 bits per heavy atom. The van der Waals surface area contributed by atoms with Crippen LogP contribution in [0.5, 0.6) is 0 Å². The van der Waals surface area contributed by atoms with Crippen molar-refractivity contribution in [2.75, 3.05) is 11.1 Å². The van der Waals surface area contributed by atoms with Crippen molar-refractivity contribution in [3.8, 4) is 0 Å². The van der Waals surface area contributed by atoms with Crippen molar-refractivity contribution in [3.63, 3.8) is 0 Å². The SMILES string of the molecule is Nc1ccc(Br)c(NC(=O)Cc2cccc(Cl)c2)c1. The Morgan fingerprint density at radius 2 is 2.05 bits per heavy atom. The van der Waals surface area contributed by atoms with Crippen molar-refractivity contribution in [1.29, 1.82) is 0 Å². The molecule has 5 heteroatoms. The number of carbonyl (C=O) groups excluding carboxylic acids is 1. The molecule has 0 aliphatic heterocycles. The average molecular weight is 340 g/mol. The molecule has 2 rings (SSSR count). The minimum Gasteiger partial charge on any atom is -0.399 e. The fourth-order valence-electron chi connectivity index (χ4n) is 1.67. The van der Waals surface area contributed by atoms with Gasteiger partial charge in [-0.05, 0) is 51.8 Å². The molecular formula is C14H12BrClN2O. The molecular weight excluding hydrogens is 328 g/mol. The van der Waals surface area contributed by atoms with Crippen LogP contribution in [0.3, 0.4) is 0 Å². The molecule has 1 amide bonds. The largest absolute Gasteiger partial charge is 0.399 e. The molecule has 0 bridgehead atoms. The summed E-state index contributed by atoms with van der Waals surface area (Å²) in [5, 5.41) is 3.43. The Balaban J connectivity index is 2.07. The molecule has 0 radical (unpaired) electrons. The van der Waals surface area contributed by atoms with Crippen LogP contribution in [0.2, 0.25) is 5.02 Å². The van der Waals surface area contributed by atoms with Gasteiger partial charge in [-0.25, -0.2) is 0 Å². The van der Waals surface area contributed by atoms with Crippen LogP contribution in [0.15, 0.2) is 46.9 Å². The molecule has 0 aliphatic carbocycles. The van der Waals surface area contributed by atoms with Crippen molar-refractivity contribution < 1.29 is 4.79 Å². The third kappa shape index (κ3) is 3.98. The topological polar surface area (TPSA) is 55.1 Å². The normalized spacial score (nSPS) is 10.2. The highest BCUT2D eigenvalue weighted by atomic mass is 79.9. The summed E-state index contributed by atoms with van der Waals surface area (Å²) in [6, 6.07) is 12.5. The Hall–Kier alpha value is -1.52. The predicted molar refractivity (Wildman–Crippen MR) is 82.3 cm³/mol. The fourth-order valence-corrected chi connectivity index (χ4v) is 2.22. The van der Waals surface area contributed by atoms with E-state index in [1.807, 2.05) is 12.1 Å². The van der Waals surface area contributed by atoms with Gasteiger partial charge in [-0.1, -0.05) is 23.7 Å². The summed E-state index contributed by atoms with van der Waals surface area (Å²) in [5.74, 6) is -0.117. The van der Waals surface area contributed by atoms with Gasteiger partial charge in [0.1, 0.15) is 0 Å². The Morgan fingerprint density at radius 1 is 1.26 bits per heavy atom. The number of hydrogen-bond donors (Lipinski definition) is 2. The second-order valence-corrected chi connectivity index (χ2v) is 5.38. The lowest BCUT2D eigenvalue weighted by atomic mass is 10.1. The summed E-state index contributed by atoms with van der Waals surface area (Å²) in [7, 11) is 0. The zero-order valence-electron chi connectivity index (χ0n) is 9.99. The molecule has 2 aromatic rings. The van der Waals surface area contributed by atoms with Crippen LogP contribution in [0.1, 0.15) is 5.56 Å². The van der Waals surface area contributed by atoms with E-state index in [1.54, 1.807) is 30.3 Å². The van der Waals surface area contributed by atoms with Crippen molar-refractivity contribution in [2.24, 2.45) is 0 Å². The van der Waals surface area contributed by atoms with Crippen molar-refractivity contribution in [3.05, 3.63) is 57.5 Å². The number of anilines is 2. The lowest BCUT2D eigenvalue weighted by Crippen LogP contribution is -2.14. The highest BCUT2D eigenvalue weighted by molar-refractivity contribution is 9.10. The van der Waals surface area contributed by atoms with E-state index < -0.39 is 0 Å². The van der Waals surface area contributed by atoms with Crippen LogP contribution in [0, 0.1) is 0 Å². The first kappa shape index (κ1) is 13.9. The summed E-state index contributed by atoms with van der Waals surface area (Å²) in [6.45, 7) is 0. The molecule has 0 spiro atoms. The Kier molecular flexibility index (Phi) is 4.45. The lowest BCUT2D eigenvalue weighted by Gasteiger charge is -2.08. The number of halogens is 2. The fraction of sp³-hybridized carbons (Fsp3) is 0.0714. The summed E-state index contributed by atoms with van der Waals surface area (Å²) in [6.07, 6.45) is 0.266. The molecule has 19 heavy (non-hydrogen) atoms. The second-order valence-electron chi connectivity index (χ2n) is 4.09. The standard InChI is InChI=1S/C14H12BrClN2O/c15-12-5-4-11(17)8-13(12)18-14(19)7-9-2-1-3-10(16)6-9/h1-6,8H,7,17H2,(H,18,19). The van der Waals surface area contributed by atoms with E-state index in [0.29, 0.717) is 16.4 Å². The molecule has 0 saturated heterocycles.